The van der Waals surface area contributed by atoms with E-state index < -0.39 is 80.5 Å². The first kappa shape index (κ1) is 43.0. The molecule has 0 aromatic heterocycles. The third-order valence-corrected chi connectivity index (χ3v) is 5.81. The minimum atomic E-state index is -8.74. The van der Waals surface area contributed by atoms with E-state index in [9.17, 15) is 110 Å². The van der Waals surface area contributed by atoms with Crippen molar-refractivity contribution in [1.82, 2.24) is 0 Å². The molecule has 0 spiro atoms. The van der Waals surface area contributed by atoms with Crippen molar-refractivity contribution in [2.75, 3.05) is 0 Å². The van der Waals surface area contributed by atoms with Gasteiger partial charge in [-0.25, -0.2) is 4.79 Å². The molecule has 2 nitrogen and oxygen atoms in total. The molecule has 0 saturated carbocycles. The van der Waals surface area contributed by atoms with Crippen LogP contribution in [0.1, 0.15) is 0 Å². The first-order chi connectivity index (χ1) is 18.4. The van der Waals surface area contributed by atoms with Gasteiger partial charge in [0.15, 0.2) is 0 Å². The van der Waals surface area contributed by atoms with Crippen LogP contribution in [-0.4, -0.2) is 80.5 Å². The molecule has 30 heteroatoms. The SMILES string of the molecule is O=C(OC(Cl)(Cl)C(F)(F)C(F)(F)C(F)(F)C(F)(F)C(F)(F)C(F)(F)Cl)C(F)(F)C(F)(F)C(F)(F)C(F)(F)C(F)(F)C(F)(F)Cl. The number of rotatable bonds is 13. The molecule has 0 aromatic rings. The lowest BCUT2D eigenvalue weighted by Crippen LogP contribution is -2.73. The van der Waals surface area contributed by atoms with Crippen LogP contribution in [0, 0.1) is 0 Å². The topological polar surface area (TPSA) is 26.3 Å². The highest BCUT2D eigenvalue weighted by Gasteiger charge is 2.94. The summed E-state index contributed by atoms with van der Waals surface area (Å²) in [4.78, 5) is 11.1. The number of carbonyl (C=O) groups excluding carboxylic acids is 1. The van der Waals surface area contributed by atoms with Crippen LogP contribution < -0.4 is 0 Å². The molecule has 0 aliphatic carbocycles. The maximum absolute atomic E-state index is 14.0. The number of hydrogen-bond acceptors (Lipinski definition) is 2. The molecule has 44 heavy (non-hydrogen) atoms. The quantitative estimate of drug-likeness (QED) is 0.106. The maximum Gasteiger partial charge on any atom is 0.411 e. The second-order valence-electron chi connectivity index (χ2n) is 7.65. The normalized spacial score (nSPS) is 16.7. The first-order valence-electron chi connectivity index (χ1n) is 8.90. The van der Waals surface area contributed by atoms with E-state index >= 15 is 0 Å². The summed E-state index contributed by atoms with van der Waals surface area (Å²) in [6.45, 7) is 0. The summed E-state index contributed by atoms with van der Waals surface area (Å²) in [6, 6.07) is 0. The molecular formula is C14Cl4F24O2. The summed E-state index contributed by atoms with van der Waals surface area (Å²) >= 11 is 14.6. The lowest BCUT2D eigenvalue weighted by atomic mass is 9.93. The highest BCUT2D eigenvalue weighted by molar-refractivity contribution is 6.48. The zero-order valence-corrected chi connectivity index (χ0v) is 21.4. The van der Waals surface area contributed by atoms with Gasteiger partial charge in [-0.05, 0) is 23.2 Å². The van der Waals surface area contributed by atoms with E-state index in [-0.39, 0.29) is 0 Å². The standard InChI is InChI=1S/C14Cl4F24O2/c15-12(16,9(33,34)6(27,28)5(25,26)8(31,32)11(37,38)14(18,41)42)44-1(43)2(19,20)3(21,22)4(23,24)7(29,30)10(35,36)13(17,39)40. The van der Waals surface area contributed by atoms with Crippen LogP contribution >= 0.6 is 46.4 Å². The van der Waals surface area contributed by atoms with Gasteiger partial charge in [0.05, 0.1) is 0 Å². The highest BCUT2D eigenvalue weighted by Crippen LogP contribution is 2.65. The molecule has 0 aliphatic heterocycles. The third kappa shape index (κ3) is 5.51. The lowest BCUT2D eigenvalue weighted by molar-refractivity contribution is -0.424. The first-order valence-corrected chi connectivity index (χ1v) is 10.4. The third-order valence-electron chi connectivity index (χ3n) is 4.71. The second-order valence-corrected chi connectivity index (χ2v) is 9.85. The Morgan fingerprint density at radius 1 is 0.341 bits per heavy atom. The van der Waals surface area contributed by atoms with Crippen molar-refractivity contribution in [3.8, 4) is 0 Å². The molecular weight excluding hydrogens is 798 g/mol. The Kier molecular flexibility index (Phi) is 10.5. The van der Waals surface area contributed by atoms with Crippen LogP contribution in [0.3, 0.4) is 0 Å². The van der Waals surface area contributed by atoms with Crippen LogP contribution in [0.2, 0.25) is 0 Å². The van der Waals surface area contributed by atoms with E-state index in [1.54, 1.807) is 0 Å². The maximum atomic E-state index is 14.0. The minimum Gasteiger partial charge on any atom is -0.417 e. The summed E-state index contributed by atoms with van der Waals surface area (Å²) in [6.07, 6.45) is 0. The largest absolute Gasteiger partial charge is 0.417 e. The summed E-state index contributed by atoms with van der Waals surface area (Å²) in [5, 5.41) is -14.1. The molecule has 0 unspecified atom stereocenters. The van der Waals surface area contributed by atoms with E-state index in [4.69, 9.17) is 0 Å². The minimum absolute atomic E-state index is 2.01. The molecule has 0 aromatic carbocycles. The summed E-state index contributed by atoms with van der Waals surface area (Å²) < 4.78 is 315. The average molecular weight is 798 g/mol. The Hall–Kier alpha value is -1.05. The Morgan fingerprint density at radius 3 is 0.795 bits per heavy atom. The van der Waals surface area contributed by atoms with Gasteiger partial charge in [-0.3, -0.25) is 0 Å². The average Bonchev–Trinajstić information content (AvgIpc) is 2.75. The molecule has 0 atom stereocenters. The summed E-state index contributed by atoms with van der Waals surface area (Å²) in [7, 11) is 0. The van der Waals surface area contributed by atoms with Gasteiger partial charge in [0.25, 0.3) is 0 Å². The second kappa shape index (κ2) is 10.7. The van der Waals surface area contributed by atoms with Crippen molar-refractivity contribution in [3.63, 3.8) is 0 Å². The lowest BCUT2D eigenvalue weighted by Gasteiger charge is -2.43. The highest BCUT2D eigenvalue weighted by atomic mass is 35.5. The van der Waals surface area contributed by atoms with E-state index in [1.807, 2.05) is 4.74 Å². The van der Waals surface area contributed by atoms with Gasteiger partial charge in [0.1, 0.15) is 0 Å². The molecule has 0 saturated heterocycles. The molecule has 0 rings (SSSR count). The molecule has 0 bridgehead atoms. The van der Waals surface area contributed by atoms with Gasteiger partial charge >= 0.3 is 80.5 Å². The van der Waals surface area contributed by atoms with E-state index in [0.29, 0.717) is 0 Å². The van der Waals surface area contributed by atoms with Gasteiger partial charge in [-0.15, -0.1) is 0 Å². The molecule has 0 fully saturated rings. The monoisotopic (exact) mass is 796 g/mol. The van der Waals surface area contributed by atoms with Gasteiger partial charge in [0.2, 0.25) is 0 Å². The smallest absolute Gasteiger partial charge is 0.411 e. The Morgan fingerprint density at radius 2 is 0.545 bits per heavy atom. The van der Waals surface area contributed by atoms with Crippen LogP contribution in [-0.2, 0) is 9.53 Å². The van der Waals surface area contributed by atoms with E-state index in [1.165, 1.54) is 0 Å². The van der Waals surface area contributed by atoms with Crippen LogP contribution in [0.25, 0.3) is 0 Å². The zero-order chi connectivity index (χ0) is 36.8. The van der Waals surface area contributed by atoms with Gasteiger partial charge < -0.3 is 4.74 Å². The van der Waals surface area contributed by atoms with Crippen LogP contribution in [0.5, 0.6) is 0 Å². The van der Waals surface area contributed by atoms with Crippen molar-refractivity contribution in [1.29, 1.82) is 0 Å². The molecule has 0 N–H and O–H groups in total. The van der Waals surface area contributed by atoms with Crippen molar-refractivity contribution in [3.05, 3.63) is 0 Å². The van der Waals surface area contributed by atoms with Crippen molar-refractivity contribution >= 4 is 52.4 Å². The number of halogens is 28. The number of carbonyl (C=O) groups is 1. The van der Waals surface area contributed by atoms with Crippen molar-refractivity contribution in [2.45, 2.75) is 74.5 Å². The van der Waals surface area contributed by atoms with Crippen LogP contribution in [0.15, 0.2) is 0 Å². The fraction of sp³-hybridized carbons (Fsp3) is 0.929. The molecule has 0 heterocycles. The van der Waals surface area contributed by atoms with Crippen molar-refractivity contribution in [2.24, 2.45) is 0 Å². The summed E-state index contributed by atoms with van der Waals surface area (Å²) in [5.41, 5.74) is 0. The van der Waals surface area contributed by atoms with Gasteiger partial charge in [0, 0.05) is 0 Å². The fourth-order valence-corrected chi connectivity index (χ4v) is 2.71. The fourth-order valence-electron chi connectivity index (χ4n) is 2.09. The number of hydrogen-bond donors (Lipinski definition) is 0. The Labute approximate surface area is 242 Å². The van der Waals surface area contributed by atoms with E-state index in [2.05, 4.69) is 46.4 Å². The van der Waals surface area contributed by atoms with Gasteiger partial charge in [-0.1, -0.05) is 23.2 Å². The summed E-state index contributed by atoms with van der Waals surface area (Å²) in [5.74, 6) is -89.5. The molecule has 264 valence electrons. The molecule has 0 amide bonds. The molecule has 0 aliphatic rings. The number of esters is 1. The number of alkyl halides is 28. The van der Waals surface area contributed by atoms with Gasteiger partial charge in [-0.2, -0.15) is 105 Å². The predicted molar refractivity (Wildman–Crippen MR) is 91.6 cm³/mol. The van der Waals surface area contributed by atoms with E-state index in [0.717, 1.165) is 0 Å². The Bertz CT molecular complexity index is 1090. The Balaban J connectivity index is 6.95. The predicted octanol–water partition coefficient (Wildman–Crippen LogP) is 9.68. The van der Waals surface area contributed by atoms with Crippen LogP contribution in [0.4, 0.5) is 105 Å². The van der Waals surface area contributed by atoms with Crippen molar-refractivity contribution < 1.29 is 115 Å². The zero-order valence-electron chi connectivity index (χ0n) is 18.4. The number of ether oxygens (including phenoxy) is 1. The molecule has 0 radical (unpaired) electrons.